The van der Waals surface area contributed by atoms with Crippen LogP contribution in [0.2, 0.25) is 0 Å². The average Bonchev–Trinajstić information content (AvgIpc) is 2.97. The fraction of sp³-hybridized carbons (Fsp3) is 0.438. The Balaban J connectivity index is 2.08. The van der Waals surface area contributed by atoms with Crippen LogP contribution in [-0.2, 0) is 0 Å². The maximum absolute atomic E-state index is 12.8. The van der Waals surface area contributed by atoms with E-state index in [-0.39, 0.29) is 11.2 Å². The van der Waals surface area contributed by atoms with Crippen molar-refractivity contribution in [1.29, 1.82) is 0 Å². The summed E-state index contributed by atoms with van der Waals surface area (Å²) < 4.78 is 0. The standard InChI is InChI=1S/C16H18N2O3/c1-2-16(7-3-4-8-16)13(19)10-5-6-11-12(9-10)18-15(21)14(20)17-11/h5-6,9H,2-4,7-8H2,1H3,(H,17,20)(H,18,21). The van der Waals surface area contributed by atoms with Crippen molar-refractivity contribution in [3.05, 3.63) is 44.5 Å². The molecule has 3 rings (SSSR count). The van der Waals surface area contributed by atoms with Crippen LogP contribution in [0.25, 0.3) is 11.0 Å². The summed E-state index contributed by atoms with van der Waals surface area (Å²) >= 11 is 0. The molecule has 1 saturated carbocycles. The van der Waals surface area contributed by atoms with Gasteiger partial charge in [-0.25, -0.2) is 0 Å². The summed E-state index contributed by atoms with van der Waals surface area (Å²) in [5, 5.41) is 0. The summed E-state index contributed by atoms with van der Waals surface area (Å²) in [7, 11) is 0. The van der Waals surface area contributed by atoms with Crippen LogP contribution in [0, 0.1) is 5.41 Å². The van der Waals surface area contributed by atoms with Crippen molar-refractivity contribution in [3.63, 3.8) is 0 Å². The molecular formula is C16H18N2O3. The van der Waals surface area contributed by atoms with Crippen LogP contribution in [0.3, 0.4) is 0 Å². The molecule has 21 heavy (non-hydrogen) atoms. The third-order valence-electron chi connectivity index (χ3n) is 4.70. The smallest absolute Gasteiger partial charge is 0.314 e. The Kier molecular flexibility index (Phi) is 3.27. The first-order valence-corrected chi connectivity index (χ1v) is 7.37. The van der Waals surface area contributed by atoms with E-state index in [1.54, 1.807) is 18.2 Å². The first-order chi connectivity index (χ1) is 10.1. The molecule has 0 saturated heterocycles. The van der Waals surface area contributed by atoms with Gasteiger partial charge in [0, 0.05) is 11.0 Å². The molecule has 0 atom stereocenters. The summed E-state index contributed by atoms with van der Waals surface area (Å²) in [5.74, 6) is 0.149. The van der Waals surface area contributed by atoms with Crippen molar-refractivity contribution < 1.29 is 4.79 Å². The van der Waals surface area contributed by atoms with Gasteiger partial charge in [-0.2, -0.15) is 0 Å². The lowest BCUT2D eigenvalue weighted by Gasteiger charge is -2.25. The van der Waals surface area contributed by atoms with Crippen LogP contribution < -0.4 is 11.1 Å². The third kappa shape index (κ3) is 2.22. The highest BCUT2D eigenvalue weighted by molar-refractivity contribution is 6.02. The number of carbonyl (C=O) groups excluding carboxylic acids is 1. The van der Waals surface area contributed by atoms with Crippen molar-refractivity contribution in [2.75, 3.05) is 0 Å². The van der Waals surface area contributed by atoms with Gasteiger partial charge in [-0.15, -0.1) is 0 Å². The molecule has 1 aliphatic rings. The summed E-state index contributed by atoms with van der Waals surface area (Å²) in [6.45, 7) is 2.06. The Bertz CT molecular complexity index is 810. The molecule has 1 aromatic carbocycles. The summed E-state index contributed by atoms with van der Waals surface area (Å²) in [6.07, 6.45) is 4.89. The Morgan fingerprint density at radius 3 is 2.33 bits per heavy atom. The second kappa shape index (κ2) is 4.98. The molecule has 0 amide bonds. The van der Waals surface area contributed by atoms with Crippen LogP contribution in [0.15, 0.2) is 27.8 Å². The molecule has 5 heteroatoms. The van der Waals surface area contributed by atoms with Gasteiger partial charge in [0.25, 0.3) is 0 Å². The fourth-order valence-electron chi connectivity index (χ4n) is 3.36. The Hall–Kier alpha value is -2.17. The molecule has 2 aromatic rings. The minimum atomic E-state index is -0.696. The quantitative estimate of drug-likeness (QED) is 0.671. The molecule has 110 valence electrons. The number of nitrogens with one attached hydrogen (secondary N) is 2. The molecule has 2 N–H and O–H groups in total. The molecule has 1 heterocycles. The maximum Gasteiger partial charge on any atom is 0.314 e. The first kappa shape index (κ1) is 13.8. The minimum Gasteiger partial charge on any atom is -0.316 e. The predicted octanol–water partition coefficient (Wildman–Crippen LogP) is 2.37. The van der Waals surface area contributed by atoms with Gasteiger partial charge in [0.05, 0.1) is 11.0 Å². The molecule has 0 radical (unpaired) electrons. The number of fused-ring (bicyclic) bond motifs is 1. The molecule has 0 spiro atoms. The van der Waals surface area contributed by atoms with Crippen LogP contribution >= 0.6 is 0 Å². The van der Waals surface area contributed by atoms with Crippen molar-refractivity contribution in [2.24, 2.45) is 5.41 Å². The van der Waals surface area contributed by atoms with E-state index in [4.69, 9.17) is 0 Å². The van der Waals surface area contributed by atoms with Crippen LogP contribution in [0.1, 0.15) is 49.4 Å². The first-order valence-electron chi connectivity index (χ1n) is 7.37. The average molecular weight is 286 g/mol. The molecule has 1 fully saturated rings. The van der Waals surface area contributed by atoms with E-state index in [1.807, 2.05) is 0 Å². The molecule has 5 nitrogen and oxygen atoms in total. The number of hydrogen-bond acceptors (Lipinski definition) is 3. The Labute approximate surface area is 121 Å². The zero-order chi connectivity index (χ0) is 15.0. The van der Waals surface area contributed by atoms with Gasteiger partial charge in [-0.3, -0.25) is 14.4 Å². The zero-order valence-electron chi connectivity index (χ0n) is 12.0. The van der Waals surface area contributed by atoms with E-state index in [2.05, 4.69) is 16.9 Å². The van der Waals surface area contributed by atoms with Gasteiger partial charge >= 0.3 is 11.1 Å². The fourth-order valence-corrected chi connectivity index (χ4v) is 3.36. The van der Waals surface area contributed by atoms with Crippen LogP contribution in [-0.4, -0.2) is 15.8 Å². The lowest BCUT2D eigenvalue weighted by molar-refractivity contribution is 0.0791. The lowest BCUT2D eigenvalue weighted by Crippen LogP contribution is -2.29. The third-order valence-corrected chi connectivity index (χ3v) is 4.70. The number of rotatable bonds is 3. The molecule has 1 aromatic heterocycles. The summed E-state index contributed by atoms with van der Waals surface area (Å²) in [5.41, 5.74) is 0.00761. The van der Waals surface area contributed by atoms with Crippen molar-refractivity contribution >= 4 is 16.8 Å². The van der Waals surface area contributed by atoms with E-state index >= 15 is 0 Å². The number of hydrogen-bond donors (Lipinski definition) is 2. The number of carbonyl (C=O) groups is 1. The highest BCUT2D eigenvalue weighted by atomic mass is 16.2. The van der Waals surface area contributed by atoms with E-state index in [0.717, 1.165) is 32.1 Å². The minimum absolute atomic E-state index is 0.149. The van der Waals surface area contributed by atoms with Gasteiger partial charge < -0.3 is 9.97 Å². The van der Waals surface area contributed by atoms with E-state index < -0.39 is 11.1 Å². The normalized spacial score (nSPS) is 17.2. The van der Waals surface area contributed by atoms with Gasteiger partial charge in [-0.05, 0) is 37.5 Å². The van der Waals surface area contributed by atoms with E-state index in [9.17, 15) is 14.4 Å². The number of benzene rings is 1. The summed E-state index contributed by atoms with van der Waals surface area (Å²) in [6, 6.07) is 5.08. The van der Waals surface area contributed by atoms with E-state index in [1.165, 1.54) is 0 Å². The number of aromatic amines is 2. The second-order valence-corrected chi connectivity index (χ2v) is 5.84. The zero-order valence-corrected chi connectivity index (χ0v) is 12.0. The predicted molar refractivity (Wildman–Crippen MR) is 80.7 cm³/mol. The Morgan fingerprint density at radius 2 is 1.71 bits per heavy atom. The number of aromatic nitrogens is 2. The monoisotopic (exact) mass is 286 g/mol. The van der Waals surface area contributed by atoms with E-state index in [0.29, 0.717) is 16.6 Å². The molecular weight excluding hydrogens is 268 g/mol. The summed E-state index contributed by atoms with van der Waals surface area (Å²) in [4.78, 5) is 40.6. The van der Waals surface area contributed by atoms with Gasteiger partial charge in [0.2, 0.25) is 0 Å². The van der Waals surface area contributed by atoms with Crippen molar-refractivity contribution in [3.8, 4) is 0 Å². The van der Waals surface area contributed by atoms with Crippen LogP contribution in [0.4, 0.5) is 0 Å². The highest BCUT2D eigenvalue weighted by Crippen LogP contribution is 2.43. The highest BCUT2D eigenvalue weighted by Gasteiger charge is 2.39. The van der Waals surface area contributed by atoms with Gasteiger partial charge in [0.1, 0.15) is 0 Å². The Morgan fingerprint density at radius 1 is 1.10 bits per heavy atom. The van der Waals surface area contributed by atoms with Crippen molar-refractivity contribution in [2.45, 2.75) is 39.0 Å². The number of ketones is 1. The molecule has 1 aliphatic carbocycles. The second-order valence-electron chi connectivity index (χ2n) is 5.84. The lowest BCUT2D eigenvalue weighted by atomic mass is 9.76. The molecule has 0 aliphatic heterocycles. The SMILES string of the molecule is CCC1(C(=O)c2ccc3[nH]c(=O)c(=O)[nH]c3c2)CCCC1. The number of Topliss-reactive ketones (excluding diaryl/α,β-unsaturated/α-hetero) is 1. The maximum atomic E-state index is 12.8. The van der Waals surface area contributed by atoms with Gasteiger partial charge in [0.15, 0.2) is 5.78 Å². The molecule has 0 unspecified atom stereocenters. The van der Waals surface area contributed by atoms with Gasteiger partial charge in [-0.1, -0.05) is 19.8 Å². The van der Waals surface area contributed by atoms with Crippen molar-refractivity contribution in [1.82, 2.24) is 9.97 Å². The topological polar surface area (TPSA) is 82.8 Å². The van der Waals surface area contributed by atoms with Crippen LogP contribution in [0.5, 0.6) is 0 Å². The largest absolute Gasteiger partial charge is 0.316 e. The number of H-pyrrole nitrogens is 2. The molecule has 0 bridgehead atoms.